The van der Waals surface area contributed by atoms with Crippen molar-refractivity contribution in [3.63, 3.8) is 0 Å². The molecule has 2 rings (SSSR count). The van der Waals surface area contributed by atoms with E-state index in [-0.39, 0.29) is 10.8 Å². The van der Waals surface area contributed by atoms with Gasteiger partial charge in [-0.3, -0.25) is 4.79 Å². The second-order valence-corrected chi connectivity index (χ2v) is 10.3. The number of aryl methyl sites for hydroxylation is 1. The van der Waals surface area contributed by atoms with Crippen molar-refractivity contribution in [1.82, 2.24) is 9.62 Å². The van der Waals surface area contributed by atoms with E-state index >= 15 is 0 Å². The van der Waals surface area contributed by atoms with Crippen molar-refractivity contribution < 1.29 is 13.2 Å². The molecule has 6 nitrogen and oxygen atoms in total. The number of carbonyl (C=O) groups is 1. The number of carbonyl (C=O) groups excluding carboxylic acids is 1. The summed E-state index contributed by atoms with van der Waals surface area (Å²) in [5.41, 5.74) is 1.60. The first-order chi connectivity index (χ1) is 13.2. The van der Waals surface area contributed by atoms with E-state index in [2.05, 4.69) is 42.6 Å². The number of nitrogens with zero attached hydrogens (tertiary/aromatic N) is 1. The molecule has 1 amide bonds. The van der Waals surface area contributed by atoms with Crippen LogP contribution in [-0.2, 0) is 21.2 Å². The lowest BCUT2D eigenvalue weighted by Crippen LogP contribution is -2.34. The van der Waals surface area contributed by atoms with Crippen LogP contribution in [0.15, 0.2) is 23.1 Å². The van der Waals surface area contributed by atoms with Crippen LogP contribution >= 0.6 is 0 Å². The van der Waals surface area contributed by atoms with Gasteiger partial charge in [0.2, 0.25) is 15.9 Å². The Bertz CT molecular complexity index is 750. The second kappa shape index (κ2) is 10.4. The molecule has 0 saturated carbocycles. The molecular weight excluding hydrogens is 374 g/mol. The highest BCUT2D eigenvalue weighted by atomic mass is 32.2. The van der Waals surface area contributed by atoms with E-state index in [1.807, 2.05) is 0 Å². The van der Waals surface area contributed by atoms with Crippen LogP contribution in [0.2, 0.25) is 0 Å². The van der Waals surface area contributed by atoms with Gasteiger partial charge in [-0.15, -0.1) is 0 Å². The van der Waals surface area contributed by atoms with E-state index in [1.54, 1.807) is 18.2 Å². The van der Waals surface area contributed by atoms with E-state index in [0.29, 0.717) is 31.2 Å². The molecule has 0 aliphatic carbocycles. The fraction of sp³-hybridized carbons (Fsp3) is 0.667. The Balaban J connectivity index is 1.93. The van der Waals surface area contributed by atoms with Crippen LogP contribution in [0.3, 0.4) is 0 Å². The first-order valence-electron chi connectivity index (χ1n) is 10.3. The SMILES string of the molecule is CC(C)CN(CCCNS(=O)(=O)c1ccc2c(c1)CCCC(=O)N2)CC(C)C. The Kier molecular flexibility index (Phi) is 8.46. The molecule has 0 aromatic heterocycles. The zero-order chi connectivity index (χ0) is 20.7. The highest BCUT2D eigenvalue weighted by Gasteiger charge is 2.19. The minimum absolute atomic E-state index is 0.0140. The molecule has 0 atom stereocenters. The number of rotatable bonds is 10. The molecule has 1 aromatic carbocycles. The van der Waals surface area contributed by atoms with Crippen molar-refractivity contribution >= 4 is 21.6 Å². The number of hydrogen-bond acceptors (Lipinski definition) is 4. The molecule has 158 valence electrons. The van der Waals surface area contributed by atoms with E-state index in [1.165, 1.54) is 0 Å². The maximum atomic E-state index is 12.7. The zero-order valence-corrected chi connectivity index (χ0v) is 18.4. The van der Waals surface area contributed by atoms with Crippen molar-refractivity contribution in [2.45, 2.75) is 58.3 Å². The van der Waals surface area contributed by atoms with E-state index < -0.39 is 10.0 Å². The molecule has 0 radical (unpaired) electrons. The molecule has 1 aliphatic heterocycles. The van der Waals surface area contributed by atoms with Gasteiger partial charge in [-0.2, -0.15) is 0 Å². The summed E-state index contributed by atoms with van der Waals surface area (Å²) in [5.74, 6) is 1.17. The molecule has 2 N–H and O–H groups in total. The molecule has 0 unspecified atom stereocenters. The molecular formula is C21H35N3O3S. The number of hydrogen-bond donors (Lipinski definition) is 2. The maximum Gasteiger partial charge on any atom is 0.240 e. The van der Waals surface area contributed by atoms with Gasteiger partial charge in [-0.05, 0) is 61.4 Å². The molecule has 28 heavy (non-hydrogen) atoms. The first kappa shape index (κ1) is 22.8. The summed E-state index contributed by atoms with van der Waals surface area (Å²) in [4.78, 5) is 14.3. The minimum atomic E-state index is -3.54. The van der Waals surface area contributed by atoms with Crippen molar-refractivity contribution in [3.8, 4) is 0 Å². The molecule has 0 fully saturated rings. The van der Waals surface area contributed by atoms with Crippen LogP contribution in [0.25, 0.3) is 0 Å². The van der Waals surface area contributed by atoms with Crippen LogP contribution in [0.5, 0.6) is 0 Å². The number of sulfonamides is 1. The largest absolute Gasteiger partial charge is 0.326 e. The average molecular weight is 410 g/mol. The fourth-order valence-electron chi connectivity index (χ4n) is 3.60. The summed E-state index contributed by atoms with van der Waals surface area (Å²) in [6, 6.07) is 4.95. The standard InChI is InChI=1S/C21H35N3O3S/c1-16(2)14-24(15-17(3)4)12-6-11-22-28(26,27)19-9-10-20-18(13-19)7-5-8-21(25)23-20/h9-10,13,16-17,22H,5-8,11-12,14-15H2,1-4H3,(H,23,25). The van der Waals surface area contributed by atoms with E-state index in [4.69, 9.17) is 0 Å². The maximum absolute atomic E-state index is 12.7. The summed E-state index contributed by atoms with van der Waals surface area (Å²) in [7, 11) is -3.54. The van der Waals surface area contributed by atoms with Crippen LogP contribution in [-0.4, -0.2) is 45.4 Å². The third-order valence-electron chi connectivity index (χ3n) is 4.70. The third-order valence-corrected chi connectivity index (χ3v) is 6.16. The minimum Gasteiger partial charge on any atom is -0.326 e. The number of nitrogens with one attached hydrogen (secondary N) is 2. The molecule has 1 aliphatic rings. The number of anilines is 1. The van der Waals surface area contributed by atoms with Gasteiger partial charge in [0, 0.05) is 31.7 Å². The normalized spacial score (nSPS) is 15.0. The van der Waals surface area contributed by atoms with Gasteiger partial charge in [0.25, 0.3) is 0 Å². The van der Waals surface area contributed by atoms with Crippen molar-refractivity contribution in [2.24, 2.45) is 11.8 Å². The van der Waals surface area contributed by atoms with Crippen LogP contribution < -0.4 is 10.0 Å². The highest BCUT2D eigenvalue weighted by Crippen LogP contribution is 2.25. The van der Waals surface area contributed by atoms with E-state index in [0.717, 1.165) is 43.7 Å². The molecule has 1 heterocycles. The quantitative estimate of drug-likeness (QED) is 0.582. The van der Waals surface area contributed by atoms with Gasteiger partial charge in [-0.25, -0.2) is 13.1 Å². The van der Waals surface area contributed by atoms with Crippen LogP contribution in [0.4, 0.5) is 5.69 Å². The Morgan fingerprint density at radius 3 is 2.43 bits per heavy atom. The van der Waals surface area contributed by atoms with Crippen molar-refractivity contribution in [1.29, 1.82) is 0 Å². The first-order valence-corrected chi connectivity index (χ1v) is 11.8. The summed E-state index contributed by atoms with van der Waals surface area (Å²) in [6.45, 7) is 12.2. The predicted octanol–water partition coefficient (Wildman–Crippen LogP) is 3.24. The van der Waals surface area contributed by atoms with Gasteiger partial charge >= 0.3 is 0 Å². The van der Waals surface area contributed by atoms with Crippen LogP contribution in [0.1, 0.15) is 52.5 Å². The Morgan fingerprint density at radius 1 is 1.11 bits per heavy atom. The predicted molar refractivity (Wildman–Crippen MR) is 114 cm³/mol. The van der Waals surface area contributed by atoms with Gasteiger partial charge in [0.15, 0.2) is 0 Å². The van der Waals surface area contributed by atoms with E-state index in [9.17, 15) is 13.2 Å². The average Bonchev–Trinajstić information content (AvgIpc) is 2.77. The Morgan fingerprint density at radius 2 is 1.79 bits per heavy atom. The molecule has 1 aromatic rings. The zero-order valence-electron chi connectivity index (χ0n) is 17.6. The Hall–Kier alpha value is -1.44. The van der Waals surface area contributed by atoms with Crippen molar-refractivity contribution in [3.05, 3.63) is 23.8 Å². The monoisotopic (exact) mass is 409 g/mol. The summed E-state index contributed by atoms with van der Waals surface area (Å²) < 4.78 is 28.0. The Labute approximate surface area is 170 Å². The molecule has 0 bridgehead atoms. The molecule has 0 saturated heterocycles. The number of fused-ring (bicyclic) bond motifs is 1. The smallest absolute Gasteiger partial charge is 0.240 e. The lowest BCUT2D eigenvalue weighted by atomic mass is 10.1. The third kappa shape index (κ3) is 7.18. The topological polar surface area (TPSA) is 78.5 Å². The molecule has 7 heteroatoms. The summed E-state index contributed by atoms with van der Waals surface area (Å²) in [5, 5.41) is 2.84. The number of amides is 1. The lowest BCUT2D eigenvalue weighted by Gasteiger charge is -2.26. The van der Waals surface area contributed by atoms with Crippen molar-refractivity contribution in [2.75, 3.05) is 31.5 Å². The highest BCUT2D eigenvalue weighted by molar-refractivity contribution is 7.89. The van der Waals surface area contributed by atoms with Gasteiger partial charge < -0.3 is 10.2 Å². The summed E-state index contributed by atoms with van der Waals surface area (Å²) in [6.07, 6.45) is 2.69. The van der Waals surface area contributed by atoms with Gasteiger partial charge in [0.1, 0.15) is 0 Å². The van der Waals surface area contributed by atoms with Crippen LogP contribution in [0, 0.1) is 11.8 Å². The van der Waals surface area contributed by atoms with Gasteiger partial charge in [-0.1, -0.05) is 27.7 Å². The number of benzene rings is 1. The lowest BCUT2D eigenvalue weighted by molar-refractivity contribution is -0.116. The van der Waals surface area contributed by atoms with Gasteiger partial charge in [0.05, 0.1) is 4.90 Å². The molecule has 0 spiro atoms. The second-order valence-electron chi connectivity index (χ2n) is 8.52. The fourth-order valence-corrected chi connectivity index (χ4v) is 4.72. The summed E-state index contributed by atoms with van der Waals surface area (Å²) >= 11 is 0.